The van der Waals surface area contributed by atoms with Gasteiger partial charge in [-0.15, -0.1) is 23.1 Å². The van der Waals surface area contributed by atoms with Gasteiger partial charge in [-0.1, -0.05) is 91.0 Å². The van der Waals surface area contributed by atoms with Gasteiger partial charge in [-0.3, -0.25) is 19.4 Å². The molecule has 50 heavy (non-hydrogen) atoms. The minimum Gasteiger partial charge on any atom is -0.321 e. The first-order valence-electron chi connectivity index (χ1n) is 15.5. The number of aromatic nitrogens is 1. The Balaban J connectivity index is 1.23. The fourth-order valence-electron chi connectivity index (χ4n) is 5.02. The third-order valence-electron chi connectivity index (χ3n) is 7.43. The lowest BCUT2D eigenvalue weighted by Gasteiger charge is -2.17. The number of thiophene rings is 1. The second-order valence-electron chi connectivity index (χ2n) is 10.9. The van der Waals surface area contributed by atoms with Gasteiger partial charge in [0.2, 0.25) is 5.91 Å². The van der Waals surface area contributed by atoms with Crippen molar-refractivity contribution in [1.82, 2.24) is 10.3 Å². The highest BCUT2D eigenvalue weighted by atomic mass is 32.2. The molecule has 1 unspecified atom stereocenters. The van der Waals surface area contributed by atoms with Crippen molar-refractivity contribution in [2.45, 2.75) is 10.1 Å². The molecule has 6 aromatic rings. The summed E-state index contributed by atoms with van der Waals surface area (Å²) in [5.74, 6) is -1.26. The van der Waals surface area contributed by atoms with Crippen molar-refractivity contribution in [2.24, 2.45) is 0 Å². The van der Waals surface area contributed by atoms with E-state index in [1.54, 1.807) is 79.1 Å². The smallest absolute Gasteiger partial charge is 0.272 e. The van der Waals surface area contributed by atoms with E-state index < -0.39 is 17.1 Å². The summed E-state index contributed by atoms with van der Waals surface area (Å²) in [6.07, 6.45) is 4.77. The quantitative estimate of drug-likeness (QED) is 0.0924. The Labute approximate surface area is 297 Å². The van der Waals surface area contributed by atoms with Crippen molar-refractivity contribution in [3.05, 3.63) is 173 Å². The Morgan fingerprint density at radius 2 is 1.54 bits per heavy atom. The van der Waals surface area contributed by atoms with Crippen LogP contribution in [0, 0.1) is 11.3 Å². The maximum absolute atomic E-state index is 13.9. The zero-order valence-corrected chi connectivity index (χ0v) is 28.1. The van der Waals surface area contributed by atoms with Crippen LogP contribution < -0.4 is 16.0 Å². The number of nitrogens with one attached hydrogen (secondary N) is 3. The Morgan fingerprint density at radius 3 is 2.24 bits per heavy atom. The van der Waals surface area contributed by atoms with Crippen LogP contribution in [0.3, 0.4) is 0 Å². The minimum atomic E-state index is -0.679. The predicted octanol–water partition coefficient (Wildman–Crippen LogP) is 8.56. The average molecular weight is 692 g/mol. The molecule has 4 aromatic carbocycles. The molecule has 0 saturated carbocycles. The molecule has 6 rings (SSSR count). The van der Waals surface area contributed by atoms with E-state index in [2.05, 4.69) is 27.0 Å². The second-order valence-corrected chi connectivity index (χ2v) is 12.9. The summed E-state index contributed by atoms with van der Waals surface area (Å²) < 4.78 is 0. The molecule has 0 fully saturated rings. The number of nitriles is 1. The van der Waals surface area contributed by atoms with Crippen LogP contribution in [0.2, 0.25) is 0 Å². The molecule has 8 nitrogen and oxygen atoms in total. The average Bonchev–Trinajstić information content (AvgIpc) is 3.57. The fourth-order valence-corrected chi connectivity index (χ4v) is 7.03. The molecule has 0 radical (unpaired) electrons. The van der Waals surface area contributed by atoms with Gasteiger partial charge in [0.05, 0.1) is 5.56 Å². The van der Waals surface area contributed by atoms with E-state index in [0.29, 0.717) is 27.4 Å². The molecule has 2 aromatic heterocycles. The van der Waals surface area contributed by atoms with E-state index in [4.69, 9.17) is 0 Å². The van der Waals surface area contributed by atoms with Crippen molar-refractivity contribution >= 4 is 57.6 Å². The number of hydrogen-bond acceptors (Lipinski definition) is 7. The van der Waals surface area contributed by atoms with Gasteiger partial charge in [-0.2, -0.15) is 5.26 Å². The van der Waals surface area contributed by atoms with E-state index in [9.17, 15) is 19.6 Å². The summed E-state index contributed by atoms with van der Waals surface area (Å²) >= 11 is 2.62. The molecule has 0 aliphatic carbocycles. The van der Waals surface area contributed by atoms with Crippen LogP contribution >= 0.6 is 23.1 Å². The van der Waals surface area contributed by atoms with Gasteiger partial charge in [0, 0.05) is 39.5 Å². The van der Waals surface area contributed by atoms with Crippen molar-refractivity contribution in [2.75, 3.05) is 10.6 Å². The lowest BCUT2D eigenvalue weighted by molar-refractivity contribution is -0.116. The number of anilines is 2. The SMILES string of the molecule is N#Cc1c(-c2ccccc2)csc1NC(=O)C(Sc1cccc(NC(=O)/C(=C/c2cccnc2)NC(=O)c2ccccc2)c1)c1ccccc1. The Kier molecular flexibility index (Phi) is 10.9. The summed E-state index contributed by atoms with van der Waals surface area (Å²) in [4.78, 5) is 45.4. The van der Waals surface area contributed by atoms with Gasteiger partial charge in [-0.25, -0.2) is 0 Å². The number of hydrogen-bond donors (Lipinski definition) is 3. The number of rotatable bonds is 11. The van der Waals surface area contributed by atoms with Crippen molar-refractivity contribution in [1.29, 1.82) is 5.26 Å². The monoisotopic (exact) mass is 691 g/mol. The van der Waals surface area contributed by atoms with Crippen LogP contribution in [-0.4, -0.2) is 22.7 Å². The van der Waals surface area contributed by atoms with Crippen LogP contribution in [0.25, 0.3) is 17.2 Å². The third kappa shape index (κ3) is 8.41. The molecule has 3 N–H and O–H groups in total. The van der Waals surface area contributed by atoms with Crippen molar-refractivity contribution in [3.63, 3.8) is 0 Å². The molecular weight excluding hydrogens is 663 g/mol. The minimum absolute atomic E-state index is 0.0329. The van der Waals surface area contributed by atoms with Crippen molar-refractivity contribution in [3.8, 4) is 17.2 Å². The molecule has 244 valence electrons. The summed E-state index contributed by atoms with van der Waals surface area (Å²) in [5.41, 5.74) is 4.37. The van der Waals surface area contributed by atoms with Crippen LogP contribution in [0.4, 0.5) is 10.7 Å². The first-order valence-corrected chi connectivity index (χ1v) is 17.2. The highest BCUT2D eigenvalue weighted by molar-refractivity contribution is 8.00. The predicted molar refractivity (Wildman–Crippen MR) is 199 cm³/mol. The molecular formula is C40H29N5O3S2. The highest BCUT2D eigenvalue weighted by Gasteiger charge is 2.25. The normalized spacial score (nSPS) is 11.5. The molecule has 0 spiro atoms. The van der Waals surface area contributed by atoms with E-state index in [1.165, 1.54) is 23.1 Å². The molecule has 3 amide bonds. The van der Waals surface area contributed by atoms with Gasteiger partial charge in [0.1, 0.15) is 22.0 Å². The van der Waals surface area contributed by atoms with E-state index in [0.717, 1.165) is 21.6 Å². The molecule has 2 heterocycles. The van der Waals surface area contributed by atoms with Gasteiger partial charge in [0.15, 0.2) is 0 Å². The number of carbonyl (C=O) groups excluding carboxylic acids is 3. The first kappa shape index (κ1) is 33.6. The number of benzene rings is 4. The van der Waals surface area contributed by atoms with Gasteiger partial charge in [0.25, 0.3) is 11.8 Å². The van der Waals surface area contributed by atoms with Gasteiger partial charge >= 0.3 is 0 Å². The van der Waals surface area contributed by atoms with Crippen LogP contribution in [0.1, 0.15) is 32.3 Å². The Bertz CT molecular complexity index is 2180. The standard InChI is InChI=1S/C40H29N5O3S2/c41-24-33-34(28-13-4-1-5-14-28)26-49-40(33)45-39(48)36(29-15-6-2-7-16-29)50-32-20-10-19-31(23-32)43-38(47)35(22-27-12-11-21-42-25-27)44-37(46)30-17-8-3-9-18-30/h1-23,25-26,36H,(H,43,47)(H,44,46)(H,45,48)/b35-22-. The summed E-state index contributed by atoms with van der Waals surface area (Å²) in [6.45, 7) is 0. The van der Waals surface area contributed by atoms with Crippen LogP contribution in [-0.2, 0) is 9.59 Å². The lowest BCUT2D eigenvalue weighted by Crippen LogP contribution is -2.30. The maximum Gasteiger partial charge on any atom is 0.272 e. The summed E-state index contributed by atoms with van der Waals surface area (Å²) in [7, 11) is 0. The Morgan fingerprint density at radius 1 is 0.820 bits per heavy atom. The third-order valence-corrected chi connectivity index (χ3v) is 9.58. The molecule has 0 aliphatic heterocycles. The zero-order chi connectivity index (χ0) is 34.7. The summed E-state index contributed by atoms with van der Waals surface area (Å²) in [5, 5.41) is 20.3. The molecule has 10 heteroatoms. The van der Waals surface area contributed by atoms with Crippen molar-refractivity contribution < 1.29 is 14.4 Å². The largest absolute Gasteiger partial charge is 0.321 e. The number of nitrogens with zero attached hydrogens (tertiary/aromatic N) is 2. The van der Waals surface area contributed by atoms with E-state index >= 15 is 0 Å². The first-order chi connectivity index (χ1) is 24.5. The van der Waals surface area contributed by atoms with Crippen LogP contribution in [0.5, 0.6) is 0 Å². The molecule has 1 atom stereocenters. The van der Waals surface area contributed by atoms with E-state index in [-0.39, 0.29) is 11.6 Å². The fraction of sp³-hybridized carbons (Fsp3) is 0.0250. The number of thioether (sulfide) groups is 1. The van der Waals surface area contributed by atoms with E-state index in [1.807, 2.05) is 72.1 Å². The number of amides is 3. The number of pyridine rings is 1. The lowest BCUT2D eigenvalue weighted by atomic mass is 10.1. The van der Waals surface area contributed by atoms with Gasteiger partial charge in [-0.05, 0) is 59.2 Å². The highest BCUT2D eigenvalue weighted by Crippen LogP contribution is 2.40. The molecule has 0 bridgehead atoms. The topological polar surface area (TPSA) is 124 Å². The number of carbonyl (C=O) groups is 3. The summed E-state index contributed by atoms with van der Waals surface area (Å²) in [6, 6.07) is 40.5. The Hall–Kier alpha value is -6.28. The maximum atomic E-state index is 13.9. The molecule has 0 saturated heterocycles. The second kappa shape index (κ2) is 16.2. The molecule has 0 aliphatic rings. The van der Waals surface area contributed by atoms with Crippen LogP contribution in [0.15, 0.2) is 156 Å². The zero-order valence-electron chi connectivity index (χ0n) is 26.4. The van der Waals surface area contributed by atoms with Gasteiger partial charge < -0.3 is 16.0 Å².